The minimum Gasteiger partial charge on any atom is -0.450 e. The molecule has 0 N–H and O–H groups in total. The molecule has 0 aliphatic rings. The molecular weight excluding hydrogens is 308 g/mol. The van der Waals surface area contributed by atoms with Gasteiger partial charge in [0.2, 0.25) is 15.8 Å². The largest absolute Gasteiger partial charge is 0.450 e. The summed E-state index contributed by atoms with van der Waals surface area (Å²) in [6.45, 7) is 0. The monoisotopic (exact) mass is 322 g/mol. The molecule has 0 heterocycles. The number of nitro groups is 1. The SMILES string of the molecule is CN(C)S(=O)(=O)c1ccc(Oc2ccccc2[N+](=O)[O-])cc1. The Kier molecular flexibility index (Phi) is 4.43. The van der Waals surface area contributed by atoms with Crippen LogP contribution in [0.25, 0.3) is 0 Å². The highest BCUT2D eigenvalue weighted by Gasteiger charge is 2.18. The van der Waals surface area contributed by atoms with Crippen molar-refractivity contribution in [2.24, 2.45) is 0 Å². The highest BCUT2D eigenvalue weighted by atomic mass is 32.2. The predicted octanol–water partition coefficient (Wildman–Crippen LogP) is 2.64. The van der Waals surface area contributed by atoms with Gasteiger partial charge in [-0.05, 0) is 30.3 Å². The number of para-hydroxylation sites is 2. The maximum Gasteiger partial charge on any atom is 0.311 e. The molecule has 0 aromatic heterocycles. The van der Waals surface area contributed by atoms with E-state index in [1.54, 1.807) is 6.07 Å². The first-order valence-electron chi connectivity index (χ1n) is 6.26. The zero-order chi connectivity index (χ0) is 16.3. The van der Waals surface area contributed by atoms with Crippen molar-refractivity contribution in [1.82, 2.24) is 4.31 Å². The number of hydrogen-bond donors (Lipinski definition) is 0. The molecule has 0 bridgehead atoms. The highest BCUT2D eigenvalue weighted by Crippen LogP contribution is 2.31. The van der Waals surface area contributed by atoms with Gasteiger partial charge in [-0.1, -0.05) is 12.1 Å². The Morgan fingerprint density at radius 3 is 2.18 bits per heavy atom. The third kappa shape index (κ3) is 3.23. The van der Waals surface area contributed by atoms with E-state index in [4.69, 9.17) is 4.74 Å². The number of sulfonamides is 1. The summed E-state index contributed by atoms with van der Waals surface area (Å²) >= 11 is 0. The van der Waals surface area contributed by atoms with Crippen LogP contribution in [-0.2, 0) is 10.0 Å². The maximum absolute atomic E-state index is 11.9. The summed E-state index contributed by atoms with van der Waals surface area (Å²) < 4.78 is 30.4. The normalized spacial score (nSPS) is 11.4. The van der Waals surface area contributed by atoms with Crippen molar-refractivity contribution >= 4 is 15.7 Å². The summed E-state index contributed by atoms with van der Waals surface area (Å²) in [7, 11) is -0.643. The van der Waals surface area contributed by atoms with E-state index < -0.39 is 14.9 Å². The molecular formula is C14H14N2O5S. The van der Waals surface area contributed by atoms with Crippen LogP contribution in [0.2, 0.25) is 0 Å². The van der Waals surface area contributed by atoms with Gasteiger partial charge in [-0.25, -0.2) is 12.7 Å². The minimum absolute atomic E-state index is 0.0933. The van der Waals surface area contributed by atoms with Crippen molar-refractivity contribution in [1.29, 1.82) is 0 Å². The molecule has 7 nitrogen and oxygen atoms in total. The fraction of sp³-hybridized carbons (Fsp3) is 0.143. The van der Waals surface area contributed by atoms with E-state index >= 15 is 0 Å². The molecule has 8 heteroatoms. The molecule has 0 amide bonds. The number of nitro benzene ring substituents is 1. The van der Waals surface area contributed by atoms with Crippen molar-refractivity contribution in [3.8, 4) is 11.5 Å². The summed E-state index contributed by atoms with van der Waals surface area (Å²) in [6.07, 6.45) is 0. The molecule has 116 valence electrons. The Balaban J connectivity index is 2.28. The van der Waals surface area contributed by atoms with Crippen LogP contribution in [0.1, 0.15) is 0 Å². The zero-order valence-electron chi connectivity index (χ0n) is 12.0. The molecule has 0 saturated heterocycles. The Morgan fingerprint density at radius 1 is 1.05 bits per heavy atom. The van der Waals surface area contributed by atoms with Crippen LogP contribution in [0.3, 0.4) is 0 Å². The fourth-order valence-corrected chi connectivity index (χ4v) is 2.61. The molecule has 0 aliphatic carbocycles. The van der Waals surface area contributed by atoms with Gasteiger partial charge in [0.1, 0.15) is 5.75 Å². The van der Waals surface area contributed by atoms with E-state index in [0.717, 1.165) is 4.31 Å². The summed E-state index contributed by atoms with van der Waals surface area (Å²) in [6, 6.07) is 11.6. The van der Waals surface area contributed by atoms with Crippen LogP contribution in [0.15, 0.2) is 53.4 Å². The standard InChI is InChI=1S/C14H14N2O5S/c1-15(2)22(19,20)12-9-7-11(8-10-12)21-14-6-4-3-5-13(14)16(17)18/h3-10H,1-2H3. The molecule has 0 atom stereocenters. The first-order chi connectivity index (χ1) is 10.3. The van der Waals surface area contributed by atoms with Gasteiger partial charge in [0.05, 0.1) is 9.82 Å². The van der Waals surface area contributed by atoms with Crippen molar-refractivity contribution in [2.75, 3.05) is 14.1 Å². The van der Waals surface area contributed by atoms with Crippen molar-refractivity contribution in [3.05, 3.63) is 58.6 Å². The van der Waals surface area contributed by atoms with E-state index in [2.05, 4.69) is 0 Å². The quantitative estimate of drug-likeness (QED) is 0.623. The number of benzene rings is 2. The van der Waals surface area contributed by atoms with E-state index in [1.807, 2.05) is 0 Å². The van der Waals surface area contributed by atoms with Crippen LogP contribution < -0.4 is 4.74 Å². The molecule has 0 radical (unpaired) electrons. The van der Waals surface area contributed by atoms with Crippen molar-refractivity contribution in [3.63, 3.8) is 0 Å². The average Bonchev–Trinajstić information content (AvgIpc) is 2.48. The number of ether oxygens (including phenoxy) is 1. The molecule has 0 saturated carbocycles. The van der Waals surface area contributed by atoms with Gasteiger partial charge in [-0.3, -0.25) is 10.1 Å². The number of rotatable bonds is 5. The van der Waals surface area contributed by atoms with E-state index in [-0.39, 0.29) is 16.3 Å². The fourth-order valence-electron chi connectivity index (χ4n) is 1.71. The highest BCUT2D eigenvalue weighted by molar-refractivity contribution is 7.89. The number of nitrogens with zero attached hydrogens (tertiary/aromatic N) is 2. The maximum atomic E-state index is 11.9. The molecule has 0 fully saturated rings. The van der Waals surface area contributed by atoms with E-state index in [9.17, 15) is 18.5 Å². The van der Waals surface area contributed by atoms with Gasteiger partial charge in [0.25, 0.3) is 0 Å². The Bertz CT molecular complexity index is 785. The van der Waals surface area contributed by atoms with Gasteiger partial charge in [-0.2, -0.15) is 0 Å². The lowest BCUT2D eigenvalue weighted by Gasteiger charge is -2.12. The van der Waals surface area contributed by atoms with Crippen LogP contribution in [-0.4, -0.2) is 31.7 Å². The molecule has 2 rings (SSSR count). The first kappa shape index (κ1) is 15.9. The van der Waals surface area contributed by atoms with Gasteiger partial charge in [-0.15, -0.1) is 0 Å². The zero-order valence-corrected chi connectivity index (χ0v) is 12.8. The van der Waals surface area contributed by atoms with Crippen molar-refractivity contribution < 1.29 is 18.1 Å². The van der Waals surface area contributed by atoms with Gasteiger partial charge in [0, 0.05) is 20.2 Å². The van der Waals surface area contributed by atoms with E-state index in [0.29, 0.717) is 5.75 Å². The summed E-state index contributed by atoms with van der Waals surface area (Å²) in [5.41, 5.74) is -0.160. The molecule has 0 unspecified atom stereocenters. The van der Waals surface area contributed by atoms with Crippen LogP contribution in [0.4, 0.5) is 5.69 Å². The van der Waals surface area contributed by atoms with Crippen LogP contribution in [0, 0.1) is 10.1 Å². The van der Waals surface area contributed by atoms with Crippen LogP contribution in [0.5, 0.6) is 11.5 Å². The topological polar surface area (TPSA) is 89.8 Å². The number of hydrogen-bond acceptors (Lipinski definition) is 5. The predicted molar refractivity (Wildman–Crippen MR) is 80.5 cm³/mol. The summed E-state index contributed by atoms with van der Waals surface area (Å²) in [4.78, 5) is 10.5. The first-order valence-corrected chi connectivity index (χ1v) is 7.70. The van der Waals surface area contributed by atoms with E-state index in [1.165, 1.54) is 56.6 Å². The lowest BCUT2D eigenvalue weighted by molar-refractivity contribution is -0.385. The molecule has 2 aromatic rings. The average molecular weight is 322 g/mol. The van der Waals surface area contributed by atoms with Gasteiger partial charge < -0.3 is 4.74 Å². The van der Waals surface area contributed by atoms with Crippen LogP contribution >= 0.6 is 0 Å². The smallest absolute Gasteiger partial charge is 0.311 e. The second-order valence-electron chi connectivity index (χ2n) is 4.59. The lowest BCUT2D eigenvalue weighted by atomic mass is 10.3. The third-order valence-corrected chi connectivity index (χ3v) is 4.72. The minimum atomic E-state index is -3.52. The Hall–Kier alpha value is -2.45. The lowest BCUT2D eigenvalue weighted by Crippen LogP contribution is -2.22. The molecule has 2 aromatic carbocycles. The Labute approximate surface area is 128 Å². The molecule has 0 spiro atoms. The summed E-state index contributed by atoms with van der Waals surface area (Å²) in [5.74, 6) is 0.405. The van der Waals surface area contributed by atoms with Gasteiger partial charge in [0.15, 0.2) is 0 Å². The molecule has 0 aliphatic heterocycles. The molecule has 22 heavy (non-hydrogen) atoms. The second-order valence-corrected chi connectivity index (χ2v) is 6.74. The van der Waals surface area contributed by atoms with Crippen molar-refractivity contribution in [2.45, 2.75) is 4.90 Å². The Morgan fingerprint density at radius 2 is 1.64 bits per heavy atom. The summed E-state index contributed by atoms with van der Waals surface area (Å²) in [5, 5.41) is 10.9. The second kappa shape index (κ2) is 6.12. The third-order valence-electron chi connectivity index (χ3n) is 2.89. The van der Waals surface area contributed by atoms with Gasteiger partial charge >= 0.3 is 5.69 Å².